The lowest BCUT2D eigenvalue weighted by Crippen LogP contribution is -2.02. The Morgan fingerprint density at radius 2 is 1.72 bits per heavy atom. The van der Waals surface area contributed by atoms with E-state index in [4.69, 9.17) is 0 Å². The summed E-state index contributed by atoms with van der Waals surface area (Å²) in [5.74, 6) is 0. The van der Waals surface area contributed by atoms with Crippen LogP contribution in [0.3, 0.4) is 0 Å². The summed E-state index contributed by atoms with van der Waals surface area (Å²) in [5, 5.41) is 1.09. The predicted octanol–water partition coefficient (Wildman–Crippen LogP) is 2.65. The molecule has 2 aromatic carbocycles. The molecule has 0 bridgehead atoms. The van der Waals surface area contributed by atoms with Crippen molar-refractivity contribution in [2.45, 2.75) is 4.90 Å². The zero-order valence-electron chi connectivity index (χ0n) is 9.08. The van der Waals surface area contributed by atoms with Crippen LogP contribution in [0, 0.1) is 0 Å². The second-order valence-corrected chi connectivity index (χ2v) is 5.76. The normalized spacial score (nSPS) is 12.9. The summed E-state index contributed by atoms with van der Waals surface area (Å²) in [5.41, 5.74) is -0.119. The monoisotopic (exact) mass is 275 g/mol. The molecule has 0 radical (unpaired) electrons. The van der Waals surface area contributed by atoms with Crippen LogP contribution in [0.15, 0.2) is 52.2 Å². The molecular weight excluding hydrogens is 268 g/mol. The van der Waals surface area contributed by atoms with Gasteiger partial charge in [-0.15, -0.1) is 11.3 Å². The minimum Gasteiger partial charge on any atom is -0.768 e. The predicted molar refractivity (Wildman–Crippen MR) is 72.8 cm³/mol. The SMILES string of the molecule is O=c1c2ccccc2sc2c(S(=O)[O-])cccc12. The van der Waals surface area contributed by atoms with E-state index in [0.29, 0.717) is 15.5 Å². The average Bonchev–Trinajstić information content (AvgIpc) is 2.38. The van der Waals surface area contributed by atoms with Gasteiger partial charge in [-0.1, -0.05) is 18.2 Å². The summed E-state index contributed by atoms with van der Waals surface area (Å²) >= 11 is -1.01. The van der Waals surface area contributed by atoms with E-state index >= 15 is 0 Å². The van der Waals surface area contributed by atoms with Crippen LogP contribution in [0.1, 0.15) is 0 Å². The Bertz CT molecular complexity index is 836. The Hall–Kier alpha value is -1.56. The van der Waals surface area contributed by atoms with Crippen LogP contribution in [0.2, 0.25) is 0 Å². The van der Waals surface area contributed by atoms with Gasteiger partial charge in [-0.2, -0.15) is 0 Å². The summed E-state index contributed by atoms with van der Waals surface area (Å²) in [7, 11) is 0. The number of hydrogen-bond donors (Lipinski definition) is 0. The van der Waals surface area contributed by atoms with Crippen molar-refractivity contribution < 1.29 is 8.76 Å². The molecule has 3 rings (SSSR count). The highest BCUT2D eigenvalue weighted by atomic mass is 32.2. The quantitative estimate of drug-likeness (QED) is 0.507. The zero-order valence-corrected chi connectivity index (χ0v) is 10.7. The summed E-state index contributed by atoms with van der Waals surface area (Å²) in [6.45, 7) is 0. The van der Waals surface area contributed by atoms with E-state index in [-0.39, 0.29) is 10.3 Å². The maximum Gasteiger partial charge on any atom is 0.195 e. The molecule has 3 nitrogen and oxygen atoms in total. The highest BCUT2D eigenvalue weighted by Gasteiger charge is 2.08. The summed E-state index contributed by atoms with van der Waals surface area (Å²) in [6.07, 6.45) is 0. The van der Waals surface area contributed by atoms with Gasteiger partial charge in [-0.25, -0.2) is 0 Å². The molecule has 0 amide bonds. The minimum atomic E-state index is -2.33. The molecular formula is C13H7O3S2-. The molecule has 0 saturated heterocycles. The van der Waals surface area contributed by atoms with E-state index in [0.717, 1.165) is 4.70 Å². The second-order valence-electron chi connectivity index (χ2n) is 3.79. The largest absolute Gasteiger partial charge is 0.768 e. The third-order valence-corrected chi connectivity index (χ3v) is 4.80. The maximum absolute atomic E-state index is 12.3. The average molecular weight is 275 g/mol. The molecule has 0 spiro atoms. The molecule has 1 aromatic heterocycles. The molecule has 3 aromatic rings. The Morgan fingerprint density at radius 3 is 2.50 bits per heavy atom. The fourth-order valence-electron chi connectivity index (χ4n) is 1.93. The lowest BCUT2D eigenvalue weighted by atomic mass is 10.2. The van der Waals surface area contributed by atoms with Crippen molar-refractivity contribution in [1.82, 2.24) is 0 Å². The third kappa shape index (κ3) is 1.68. The number of benzene rings is 2. The van der Waals surface area contributed by atoms with Crippen molar-refractivity contribution in [3.8, 4) is 0 Å². The molecule has 0 aliphatic carbocycles. The molecule has 0 N–H and O–H groups in total. The smallest absolute Gasteiger partial charge is 0.195 e. The fraction of sp³-hybridized carbons (Fsp3) is 0. The lowest BCUT2D eigenvalue weighted by molar-refractivity contribution is 0.538. The van der Waals surface area contributed by atoms with Gasteiger partial charge in [0.2, 0.25) is 0 Å². The Labute approximate surface area is 109 Å². The lowest BCUT2D eigenvalue weighted by Gasteiger charge is -2.08. The number of rotatable bonds is 1. The van der Waals surface area contributed by atoms with Crippen LogP contribution in [-0.4, -0.2) is 8.76 Å². The molecule has 0 aliphatic heterocycles. The van der Waals surface area contributed by atoms with E-state index in [1.807, 2.05) is 12.1 Å². The van der Waals surface area contributed by atoms with Crippen molar-refractivity contribution in [2.24, 2.45) is 0 Å². The van der Waals surface area contributed by atoms with Gasteiger partial charge in [0.1, 0.15) is 0 Å². The van der Waals surface area contributed by atoms with Gasteiger partial charge in [-0.3, -0.25) is 9.00 Å². The zero-order chi connectivity index (χ0) is 12.7. The van der Waals surface area contributed by atoms with Crippen molar-refractivity contribution in [3.05, 3.63) is 52.7 Å². The summed E-state index contributed by atoms with van der Waals surface area (Å²) in [6, 6.07) is 12.0. The Balaban J connectivity index is 2.60. The summed E-state index contributed by atoms with van der Waals surface area (Å²) < 4.78 is 23.7. The third-order valence-electron chi connectivity index (χ3n) is 2.75. The summed E-state index contributed by atoms with van der Waals surface area (Å²) in [4.78, 5) is 12.4. The van der Waals surface area contributed by atoms with Crippen molar-refractivity contribution in [1.29, 1.82) is 0 Å². The molecule has 18 heavy (non-hydrogen) atoms. The van der Waals surface area contributed by atoms with Gasteiger partial charge in [0.15, 0.2) is 5.43 Å². The van der Waals surface area contributed by atoms with E-state index < -0.39 is 11.1 Å². The highest BCUT2D eigenvalue weighted by molar-refractivity contribution is 7.79. The Morgan fingerprint density at radius 1 is 1.00 bits per heavy atom. The molecule has 0 fully saturated rings. The highest BCUT2D eigenvalue weighted by Crippen LogP contribution is 2.28. The van der Waals surface area contributed by atoms with Crippen molar-refractivity contribution in [2.75, 3.05) is 0 Å². The van der Waals surface area contributed by atoms with Gasteiger partial charge in [-0.05, 0) is 35.3 Å². The molecule has 1 unspecified atom stereocenters. The standard InChI is InChI=1S/C13H8O3S2/c14-12-8-4-1-2-6-10(8)17-13-9(12)5-3-7-11(13)18(15)16/h1-7H,(H,15,16)/p-1. The topological polar surface area (TPSA) is 57.2 Å². The van der Waals surface area contributed by atoms with Gasteiger partial charge in [0, 0.05) is 20.4 Å². The maximum atomic E-state index is 12.3. The molecule has 1 heterocycles. The Kier molecular flexibility index (Phi) is 2.74. The molecule has 90 valence electrons. The van der Waals surface area contributed by atoms with E-state index in [2.05, 4.69) is 0 Å². The van der Waals surface area contributed by atoms with E-state index in [1.165, 1.54) is 17.4 Å². The van der Waals surface area contributed by atoms with Crippen LogP contribution >= 0.6 is 11.3 Å². The van der Waals surface area contributed by atoms with Gasteiger partial charge >= 0.3 is 0 Å². The molecule has 0 saturated carbocycles. The van der Waals surface area contributed by atoms with Crippen molar-refractivity contribution in [3.63, 3.8) is 0 Å². The first-order valence-corrected chi connectivity index (χ1v) is 7.11. The van der Waals surface area contributed by atoms with Crippen LogP contribution in [0.25, 0.3) is 20.2 Å². The van der Waals surface area contributed by atoms with Gasteiger partial charge in [0.05, 0.1) is 4.70 Å². The van der Waals surface area contributed by atoms with E-state index in [9.17, 15) is 13.6 Å². The van der Waals surface area contributed by atoms with Crippen molar-refractivity contribution >= 4 is 42.6 Å². The van der Waals surface area contributed by atoms with Gasteiger partial charge in [0.25, 0.3) is 0 Å². The molecule has 5 heteroatoms. The number of fused-ring (bicyclic) bond motifs is 2. The second kappa shape index (κ2) is 4.28. The van der Waals surface area contributed by atoms with E-state index in [1.54, 1.807) is 24.3 Å². The fourth-order valence-corrected chi connectivity index (χ4v) is 3.79. The number of hydrogen-bond acceptors (Lipinski definition) is 4. The van der Waals surface area contributed by atoms with Crippen LogP contribution < -0.4 is 5.43 Å². The van der Waals surface area contributed by atoms with Crippen LogP contribution in [0.5, 0.6) is 0 Å². The van der Waals surface area contributed by atoms with Crippen LogP contribution in [-0.2, 0) is 11.1 Å². The molecule has 0 aliphatic rings. The first-order chi connectivity index (χ1) is 8.68. The first-order valence-electron chi connectivity index (χ1n) is 5.22. The first kappa shape index (κ1) is 11.5. The van der Waals surface area contributed by atoms with Gasteiger partial charge < -0.3 is 4.55 Å². The minimum absolute atomic E-state index is 0.119. The molecule has 1 atom stereocenters. The van der Waals surface area contributed by atoms with Crippen LogP contribution in [0.4, 0.5) is 0 Å².